The maximum atomic E-state index is 4.29. The summed E-state index contributed by atoms with van der Waals surface area (Å²) in [6.45, 7) is 15.6. The van der Waals surface area contributed by atoms with E-state index in [9.17, 15) is 0 Å². The van der Waals surface area contributed by atoms with Gasteiger partial charge in [0.1, 0.15) is 0 Å². The van der Waals surface area contributed by atoms with Crippen LogP contribution in [0.25, 0.3) is 0 Å². The van der Waals surface area contributed by atoms with E-state index in [-0.39, 0.29) is 28.7 Å². The molecule has 0 atom stereocenters. The van der Waals surface area contributed by atoms with Gasteiger partial charge in [-0.25, -0.2) is 0 Å². The second-order valence-electron chi connectivity index (χ2n) is 6.09. The number of piperazine rings is 1. The van der Waals surface area contributed by atoms with Crippen molar-refractivity contribution in [3.63, 3.8) is 0 Å². The van der Waals surface area contributed by atoms with Gasteiger partial charge < -0.3 is 15.5 Å². The minimum absolute atomic E-state index is 0. The van der Waals surface area contributed by atoms with Gasteiger partial charge in [-0.2, -0.15) is 11.8 Å². The van der Waals surface area contributed by atoms with Crippen LogP contribution >= 0.6 is 35.7 Å². The highest BCUT2D eigenvalue weighted by molar-refractivity contribution is 14.0. The van der Waals surface area contributed by atoms with Crippen LogP contribution in [0.4, 0.5) is 0 Å². The van der Waals surface area contributed by atoms with Gasteiger partial charge in [-0.3, -0.25) is 9.89 Å². The molecule has 1 heterocycles. The molecule has 0 radical (unpaired) electrons. The third kappa shape index (κ3) is 8.79. The van der Waals surface area contributed by atoms with Crippen molar-refractivity contribution in [3.8, 4) is 0 Å². The molecule has 2 N–H and O–H groups in total. The van der Waals surface area contributed by atoms with Crippen LogP contribution in [0.15, 0.2) is 4.99 Å². The number of rotatable bonds is 7. The van der Waals surface area contributed by atoms with Gasteiger partial charge in [-0.05, 0) is 26.6 Å². The molecule has 0 saturated carbocycles. The van der Waals surface area contributed by atoms with E-state index in [2.05, 4.69) is 52.5 Å². The molecule has 0 aliphatic carbocycles. The van der Waals surface area contributed by atoms with Crippen molar-refractivity contribution in [1.82, 2.24) is 20.4 Å². The summed E-state index contributed by atoms with van der Waals surface area (Å²) in [5.74, 6) is 0.907. The lowest BCUT2D eigenvalue weighted by Gasteiger charge is -2.34. The van der Waals surface area contributed by atoms with Crippen molar-refractivity contribution in [1.29, 1.82) is 0 Å². The molecule has 0 aromatic heterocycles. The average Bonchev–Trinajstić information content (AvgIpc) is 2.51. The number of guanidine groups is 1. The van der Waals surface area contributed by atoms with E-state index < -0.39 is 0 Å². The van der Waals surface area contributed by atoms with Crippen molar-refractivity contribution >= 4 is 41.7 Å². The Morgan fingerprint density at radius 2 is 1.73 bits per heavy atom. The molecule has 7 heteroatoms. The molecule has 0 amide bonds. The fourth-order valence-electron chi connectivity index (χ4n) is 2.25. The fourth-order valence-corrected chi connectivity index (χ4v) is 2.47. The Balaban J connectivity index is 0.00000441. The summed E-state index contributed by atoms with van der Waals surface area (Å²) in [6, 6.07) is 0. The first-order valence-electron chi connectivity index (χ1n) is 7.95. The number of thioether (sulfide) groups is 1. The number of hydrogen-bond donors (Lipinski definition) is 2. The Hall–Kier alpha value is 0.270. The molecule has 132 valence electrons. The Bertz CT molecular complexity index is 317. The monoisotopic (exact) mass is 443 g/mol. The van der Waals surface area contributed by atoms with Crippen LogP contribution in [0.2, 0.25) is 0 Å². The van der Waals surface area contributed by atoms with Crippen molar-refractivity contribution in [2.45, 2.75) is 25.5 Å². The highest BCUT2D eigenvalue weighted by Gasteiger charge is 2.17. The largest absolute Gasteiger partial charge is 0.355 e. The van der Waals surface area contributed by atoms with Crippen LogP contribution in [-0.2, 0) is 0 Å². The molecule has 0 aromatic carbocycles. The third-order valence-electron chi connectivity index (χ3n) is 4.09. The smallest absolute Gasteiger partial charge is 0.191 e. The molecule has 1 rings (SSSR count). The molecule has 1 fully saturated rings. The van der Waals surface area contributed by atoms with Crippen molar-refractivity contribution in [2.75, 3.05) is 65.7 Å². The van der Waals surface area contributed by atoms with Crippen LogP contribution in [0.1, 0.15) is 20.8 Å². The van der Waals surface area contributed by atoms with Crippen LogP contribution in [0, 0.1) is 0 Å². The van der Waals surface area contributed by atoms with Gasteiger partial charge in [0.15, 0.2) is 5.96 Å². The minimum atomic E-state index is 0. The maximum absolute atomic E-state index is 4.29. The zero-order chi connectivity index (χ0) is 15.7. The number of likely N-dealkylation sites (N-methyl/N-ethyl adjacent to an activating group) is 1. The first-order chi connectivity index (χ1) is 10.0. The molecule has 0 spiro atoms. The van der Waals surface area contributed by atoms with E-state index in [4.69, 9.17) is 0 Å². The van der Waals surface area contributed by atoms with E-state index in [0.717, 1.165) is 25.6 Å². The second-order valence-corrected chi connectivity index (χ2v) is 7.61. The van der Waals surface area contributed by atoms with E-state index in [1.165, 1.54) is 32.7 Å². The summed E-state index contributed by atoms with van der Waals surface area (Å²) >= 11 is 1.87. The van der Waals surface area contributed by atoms with Gasteiger partial charge in [0.05, 0.1) is 0 Å². The fraction of sp³-hybridized carbons (Fsp3) is 0.933. The normalized spacial score (nSPS) is 18.0. The zero-order valence-corrected chi connectivity index (χ0v) is 18.0. The van der Waals surface area contributed by atoms with Gasteiger partial charge in [0.2, 0.25) is 0 Å². The minimum Gasteiger partial charge on any atom is -0.355 e. The molecule has 0 unspecified atom stereocenters. The van der Waals surface area contributed by atoms with E-state index >= 15 is 0 Å². The molecular weight excluding hydrogens is 409 g/mol. The molecule has 5 nitrogen and oxygen atoms in total. The predicted octanol–water partition coefficient (Wildman–Crippen LogP) is 1.55. The SMILES string of the molecule is CCN1CCN(CCNC(=NC)NCC(C)(C)SC)CC1.I. The van der Waals surface area contributed by atoms with Gasteiger partial charge in [-0.15, -0.1) is 24.0 Å². The van der Waals surface area contributed by atoms with Crippen LogP contribution < -0.4 is 10.6 Å². The molecule has 0 bridgehead atoms. The first kappa shape index (κ1) is 22.3. The summed E-state index contributed by atoms with van der Waals surface area (Å²) in [5.41, 5.74) is 0. The quantitative estimate of drug-likeness (QED) is 0.355. The van der Waals surface area contributed by atoms with Crippen molar-refractivity contribution < 1.29 is 0 Å². The predicted molar refractivity (Wildman–Crippen MR) is 111 cm³/mol. The van der Waals surface area contributed by atoms with Gasteiger partial charge >= 0.3 is 0 Å². The summed E-state index contributed by atoms with van der Waals surface area (Å²) < 4.78 is 0.230. The van der Waals surface area contributed by atoms with Crippen LogP contribution in [0.5, 0.6) is 0 Å². The number of halogens is 1. The average molecular weight is 443 g/mol. The van der Waals surface area contributed by atoms with E-state index in [1.807, 2.05) is 18.8 Å². The Morgan fingerprint density at radius 3 is 2.23 bits per heavy atom. The maximum Gasteiger partial charge on any atom is 0.191 e. The number of nitrogens with zero attached hydrogens (tertiary/aromatic N) is 3. The topological polar surface area (TPSA) is 42.9 Å². The lowest BCUT2D eigenvalue weighted by atomic mass is 10.2. The van der Waals surface area contributed by atoms with E-state index in [1.54, 1.807) is 0 Å². The van der Waals surface area contributed by atoms with Crippen molar-refractivity contribution in [2.24, 2.45) is 4.99 Å². The van der Waals surface area contributed by atoms with Crippen molar-refractivity contribution in [3.05, 3.63) is 0 Å². The molecular formula is C15H34IN5S. The Kier molecular flexibility index (Phi) is 11.9. The summed E-state index contributed by atoms with van der Waals surface area (Å²) in [5, 5.41) is 6.82. The molecule has 1 aliphatic rings. The van der Waals surface area contributed by atoms with Crippen LogP contribution in [-0.4, -0.2) is 86.2 Å². The number of aliphatic imine (C=N–C) groups is 1. The lowest BCUT2D eigenvalue weighted by molar-refractivity contribution is 0.139. The molecule has 0 aromatic rings. The van der Waals surface area contributed by atoms with Gasteiger partial charge in [0.25, 0.3) is 0 Å². The highest BCUT2D eigenvalue weighted by atomic mass is 127. The van der Waals surface area contributed by atoms with Gasteiger partial charge in [-0.1, -0.05) is 6.92 Å². The first-order valence-corrected chi connectivity index (χ1v) is 9.17. The standard InChI is InChI=1S/C15H33N5S.HI/c1-6-19-9-11-20(12-10-19)8-7-17-14(16-4)18-13-15(2,3)21-5;/h6-13H2,1-5H3,(H2,16,17,18);1H. The summed E-state index contributed by atoms with van der Waals surface area (Å²) in [7, 11) is 1.83. The Labute approximate surface area is 158 Å². The Morgan fingerprint density at radius 1 is 1.14 bits per heavy atom. The number of hydrogen-bond acceptors (Lipinski definition) is 4. The second kappa shape index (κ2) is 11.8. The molecule has 1 saturated heterocycles. The van der Waals surface area contributed by atoms with Gasteiger partial charge in [0, 0.05) is 57.6 Å². The summed E-state index contributed by atoms with van der Waals surface area (Å²) in [4.78, 5) is 9.33. The lowest BCUT2D eigenvalue weighted by Crippen LogP contribution is -2.49. The molecule has 22 heavy (non-hydrogen) atoms. The highest BCUT2D eigenvalue weighted by Crippen LogP contribution is 2.19. The zero-order valence-electron chi connectivity index (χ0n) is 14.8. The third-order valence-corrected chi connectivity index (χ3v) is 5.34. The van der Waals surface area contributed by atoms with E-state index in [0.29, 0.717) is 0 Å². The molecule has 1 aliphatic heterocycles. The van der Waals surface area contributed by atoms with Crippen LogP contribution in [0.3, 0.4) is 0 Å². The number of nitrogens with one attached hydrogen (secondary N) is 2. The summed E-state index contributed by atoms with van der Waals surface area (Å²) in [6.07, 6.45) is 2.15.